The van der Waals surface area contributed by atoms with Gasteiger partial charge < -0.3 is 20.4 Å². The summed E-state index contributed by atoms with van der Waals surface area (Å²) in [4.78, 5) is 18.1. The zero-order valence-corrected chi connectivity index (χ0v) is 19.1. The van der Waals surface area contributed by atoms with Crippen molar-refractivity contribution in [3.05, 3.63) is 36.0 Å². The fourth-order valence-electron chi connectivity index (χ4n) is 2.92. The second kappa shape index (κ2) is 11.1. The first-order valence-corrected chi connectivity index (χ1v) is 9.39. The summed E-state index contributed by atoms with van der Waals surface area (Å²) in [6.07, 6.45) is 3.43. The third kappa shape index (κ3) is 6.30. The van der Waals surface area contributed by atoms with Crippen molar-refractivity contribution in [2.24, 2.45) is 12.0 Å². The summed E-state index contributed by atoms with van der Waals surface area (Å²) in [7, 11) is 4.04. The Hall–Kier alpha value is -1.95. The number of aliphatic imine (C=N–C) groups is 1. The predicted molar refractivity (Wildman–Crippen MR) is 122 cm³/mol. The lowest BCUT2D eigenvalue weighted by Gasteiger charge is -2.33. The van der Waals surface area contributed by atoms with Gasteiger partial charge in [-0.15, -0.1) is 24.0 Å². The van der Waals surface area contributed by atoms with Crippen molar-refractivity contribution in [2.45, 2.75) is 20.0 Å². The highest BCUT2D eigenvalue weighted by Gasteiger charge is 2.15. The van der Waals surface area contributed by atoms with Crippen molar-refractivity contribution in [3.8, 4) is 0 Å². The molecule has 28 heavy (non-hydrogen) atoms. The number of likely N-dealkylation sites (N-methyl/N-ethyl adjacent to an activating group) is 1. The van der Waals surface area contributed by atoms with Crippen molar-refractivity contribution in [1.29, 1.82) is 0 Å². The smallest absolute Gasteiger partial charge is 0.191 e. The van der Waals surface area contributed by atoms with Crippen LogP contribution in [-0.2, 0) is 20.1 Å². The molecule has 1 aliphatic heterocycles. The number of rotatable bonds is 6. The number of pyridine rings is 1. The van der Waals surface area contributed by atoms with E-state index in [4.69, 9.17) is 4.99 Å². The van der Waals surface area contributed by atoms with Crippen LogP contribution in [0.3, 0.4) is 0 Å². The highest BCUT2D eigenvalue weighted by molar-refractivity contribution is 14.0. The Bertz CT molecular complexity index is 753. The molecule has 0 unspecified atom stereocenters. The van der Waals surface area contributed by atoms with E-state index in [1.807, 2.05) is 19.3 Å². The number of guanidine groups is 1. The van der Waals surface area contributed by atoms with Gasteiger partial charge in [0.05, 0.1) is 13.1 Å². The number of nitrogens with zero attached hydrogens (tertiary/aromatic N) is 7. The number of aromatic nitrogens is 4. The van der Waals surface area contributed by atoms with E-state index >= 15 is 0 Å². The molecule has 0 amide bonds. The highest BCUT2D eigenvalue weighted by atomic mass is 127. The molecule has 1 fully saturated rings. The average Bonchev–Trinajstić information content (AvgIpc) is 3.10. The molecule has 0 radical (unpaired) electrons. The largest absolute Gasteiger partial charge is 0.357 e. The normalized spacial score (nSPS) is 15.2. The third-order valence-electron chi connectivity index (χ3n) is 4.62. The van der Waals surface area contributed by atoms with E-state index in [0.717, 1.165) is 55.9 Å². The molecule has 2 aromatic rings. The van der Waals surface area contributed by atoms with Crippen LogP contribution in [0, 0.1) is 0 Å². The molecule has 1 aliphatic rings. The number of hydrogen-bond donors (Lipinski definition) is 2. The van der Waals surface area contributed by atoms with Gasteiger partial charge in [-0.05, 0) is 31.7 Å². The van der Waals surface area contributed by atoms with Crippen molar-refractivity contribution in [1.82, 2.24) is 35.3 Å². The fraction of sp³-hybridized carbons (Fsp3) is 0.556. The number of hydrogen-bond acceptors (Lipinski definition) is 6. The lowest BCUT2D eigenvalue weighted by Crippen LogP contribution is -2.44. The topological polar surface area (TPSA) is 86.5 Å². The minimum atomic E-state index is 0. The van der Waals surface area contributed by atoms with Crippen LogP contribution < -0.4 is 15.5 Å². The maximum Gasteiger partial charge on any atom is 0.191 e. The van der Waals surface area contributed by atoms with Crippen molar-refractivity contribution in [2.75, 3.05) is 44.7 Å². The fourth-order valence-corrected chi connectivity index (χ4v) is 2.92. The lowest BCUT2D eigenvalue weighted by molar-refractivity contribution is 0.312. The molecule has 0 bridgehead atoms. The zero-order valence-electron chi connectivity index (χ0n) is 16.8. The average molecular weight is 499 g/mol. The highest BCUT2D eigenvalue weighted by Crippen LogP contribution is 2.15. The summed E-state index contributed by atoms with van der Waals surface area (Å²) in [6.45, 7) is 8.19. The van der Waals surface area contributed by atoms with E-state index in [1.165, 1.54) is 0 Å². The van der Waals surface area contributed by atoms with Crippen molar-refractivity contribution < 1.29 is 0 Å². The standard InChI is InChI=1S/C18H29N9.HI/c1-4-19-18(22-13-17-23-14-24-26(17)3)21-12-15-5-6-20-16(11-15)27-9-7-25(2)8-10-27;/h5-6,11,14H,4,7-10,12-13H2,1-3H3,(H2,19,21,22);1H. The summed E-state index contributed by atoms with van der Waals surface area (Å²) in [5, 5.41) is 10.7. The summed E-state index contributed by atoms with van der Waals surface area (Å²) in [5.41, 5.74) is 1.15. The second-order valence-corrected chi connectivity index (χ2v) is 6.66. The maximum absolute atomic E-state index is 4.69. The summed E-state index contributed by atoms with van der Waals surface area (Å²) in [6, 6.07) is 4.16. The van der Waals surface area contributed by atoms with Crippen LogP contribution in [0.25, 0.3) is 0 Å². The molecule has 0 spiro atoms. The Morgan fingerprint density at radius 2 is 1.93 bits per heavy atom. The van der Waals surface area contributed by atoms with Crippen LogP contribution in [0.5, 0.6) is 0 Å². The van der Waals surface area contributed by atoms with Crippen molar-refractivity contribution >= 4 is 35.8 Å². The summed E-state index contributed by atoms with van der Waals surface area (Å²) >= 11 is 0. The molecule has 1 saturated heterocycles. The Kier molecular flexibility index (Phi) is 8.90. The van der Waals surface area contributed by atoms with Crippen LogP contribution in [0.1, 0.15) is 18.3 Å². The molecule has 10 heteroatoms. The molecule has 2 aromatic heterocycles. The van der Waals surface area contributed by atoms with Crippen LogP contribution in [0.15, 0.2) is 29.6 Å². The summed E-state index contributed by atoms with van der Waals surface area (Å²) < 4.78 is 1.75. The maximum atomic E-state index is 4.69. The van der Waals surface area contributed by atoms with Crippen molar-refractivity contribution in [3.63, 3.8) is 0 Å². The molecular formula is C18H30IN9. The van der Waals surface area contributed by atoms with Crippen LogP contribution >= 0.6 is 24.0 Å². The molecule has 0 aliphatic carbocycles. The van der Waals surface area contributed by atoms with E-state index in [-0.39, 0.29) is 24.0 Å². The molecule has 0 saturated carbocycles. The van der Waals surface area contributed by atoms with Gasteiger partial charge in [-0.25, -0.2) is 15.0 Å². The predicted octanol–water partition coefficient (Wildman–Crippen LogP) is 0.835. The molecule has 0 atom stereocenters. The number of anilines is 1. The SMILES string of the molecule is CCNC(=NCc1ccnc(N2CCN(C)CC2)c1)NCc1ncnn1C.I. The van der Waals surface area contributed by atoms with Gasteiger partial charge in [0.1, 0.15) is 18.0 Å². The Morgan fingerprint density at radius 1 is 1.14 bits per heavy atom. The van der Waals surface area contributed by atoms with Gasteiger partial charge in [-0.3, -0.25) is 4.68 Å². The number of nitrogens with one attached hydrogen (secondary N) is 2. The lowest BCUT2D eigenvalue weighted by atomic mass is 10.2. The molecule has 3 rings (SSSR count). The first-order valence-electron chi connectivity index (χ1n) is 9.39. The van der Waals surface area contributed by atoms with Gasteiger partial charge in [-0.1, -0.05) is 0 Å². The first kappa shape index (κ1) is 22.3. The van der Waals surface area contributed by atoms with Gasteiger partial charge in [0.15, 0.2) is 5.96 Å². The minimum Gasteiger partial charge on any atom is -0.357 e. The quantitative estimate of drug-likeness (QED) is 0.346. The van der Waals surface area contributed by atoms with Gasteiger partial charge >= 0.3 is 0 Å². The van der Waals surface area contributed by atoms with Gasteiger partial charge in [-0.2, -0.15) is 5.10 Å². The van der Waals surface area contributed by atoms with Gasteiger partial charge in [0, 0.05) is 46.0 Å². The molecule has 2 N–H and O–H groups in total. The van der Waals surface area contributed by atoms with Gasteiger partial charge in [0.2, 0.25) is 0 Å². The molecule has 154 valence electrons. The minimum absolute atomic E-state index is 0. The number of halogens is 1. The van der Waals surface area contributed by atoms with E-state index in [1.54, 1.807) is 11.0 Å². The number of piperazine rings is 1. The zero-order chi connectivity index (χ0) is 19.1. The van der Waals surface area contributed by atoms with Crippen LogP contribution in [0.4, 0.5) is 5.82 Å². The van der Waals surface area contributed by atoms with Crippen LogP contribution in [0.2, 0.25) is 0 Å². The molecule has 9 nitrogen and oxygen atoms in total. The van der Waals surface area contributed by atoms with E-state index in [0.29, 0.717) is 13.1 Å². The van der Waals surface area contributed by atoms with E-state index < -0.39 is 0 Å². The molecular weight excluding hydrogens is 469 g/mol. The Labute approximate surface area is 183 Å². The molecule has 3 heterocycles. The van der Waals surface area contributed by atoms with Gasteiger partial charge in [0.25, 0.3) is 0 Å². The monoisotopic (exact) mass is 499 g/mol. The Morgan fingerprint density at radius 3 is 2.61 bits per heavy atom. The number of aryl methyl sites for hydroxylation is 1. The third-order valence-corrected chi connectivity index (χ3v) is 4.62. The first-order chi connectivity index (χ1) is 13.2. The summed E-state index contributed by atoms with van der Waals surface area (Å²) in [5.74, 6) is 2.66. The Balaban J connectivity index is 0.00000280. The van der Waals surface area contributed by atoms with E-state index in [9.17, 15) is 0 Å². The second-order valence-electron chi connectivity index (χ2n) is 6.66. The molecule has 0 aromatic carbocycles. The van der Waals surface area contributed by atoms with E-state index in [2.05, 4.69) is 55.5 Å². The van der Waals surface area contributed by atoms with Crippen LogP contribution in [-0.4, -0.2) is 70.4 Å².